The first-order valence-electron chi connectivity index (χ1n) is 12.6. The summed E-state index contributed by atoms with van der Waals surface area (Å²) in [4.78, 5) is 33.5. The van der Waals surface area contributed by atoms with Gasteiger partial charge in [-0.2, -0.15) is 13.2 Å². The van der Waals surface area contributed by atoms with E-state index < -0.39 is 17.6 Å². The molecule has 41 heavy (non-hydrogen) atoms. The molecule has 2 aromatic rings. The molecule has 0 aliphatic carbocycles. The third kappa shape index (κ3) is 9.00. The van der Waals surface area contributed by atoms with Crippen LogP contribution in [0.15, 0.2) is 67.9 Å². The van der Waals surface area contributed by atoms with Gasteiger partial charge >= 0.3 is 6.18 Å². The molecule has 2 N–H and O–H groups in total. The molecule has 0 unspecified atom stereocenters. The molecular formula is C28H33F3N8O2. The van der Waals surface area contributed by atoms with Crippen LogP contribution in [-0.2, 0) is 6.18 Å². The molecule has 0 radical (unpaired) electrons. The Morgan fingerprint density at radius 1 is 1.15 bits per heavy atom. The number of aryl methyl sites for hydroxylation is 1. The second kappa shape index (κ2) is 13.7. The fourth-order valence-corrected chi connectivity index (χ4v) is 3.54. The Morgan fingerprint density at radius 2 is 1.90 bits per heavy atom. The van der Waals surface area contributed by atoms with Crippen molar-refractivity contribution in [1.29, 1.82) is 0 Å². The maximum atomic E-state index is 13.6. The van der Waals surface area contributed by atoms with Crippen molar-refractivity contribution in [1.82, 2.24) is 9.80 Å². The van der Waals surface area contributed by atoms with Crippen LogP contribution >= 0.6 is 0 Å². The number of allylic oxidation sites excluding steroid dienone is 1. The van der Waals surface area contributed by atoms with Gasteiger partial charge in [-0.15, -0.1) is 0 Å². The number of guanidine groups is 1. The molecule has 0 saturated heterocycles. The van der Waals surface area contributed by atoms with Crippen LogP contribution in [0.25, 0.3) is 0 Å². The Bertz CT molecular complexity index is 1400. The number of nitrogens with one attached hydrogen (secondary N) is 2. The van der Waals surface area contributed by atoms with E-state index in [-0.39, 0.29) is 23.6 Å². The highest BCUT2D eigenvalue weighted by atomic mass is 19.4. The maximum absolute atomic E-state index is 13.6. The highest BCUT2D eigenvalue weighted by Crippen LogP contribution is 2.34. The topological polar surface area (TPSA) is 106 Å². The highest BCUT2D eigenvalue weighted by Gasteiger charge is 2.31. The average molecular weight is 571 g/mol. The summed E-state index contributed by atoms with van der Waals surface area (Å²) in [7, 11) is 7.28. The van der Waals surface area contributed by atoms with Gasteiger partial charge in [0, 0.05) is 56.3 Å². The lowest BCUT2D eigenvalue weighted by molar-refractivity contribution is -0.137. The highest BCUT2D eigenvalue weighted by molar-refractivity contribution is 6.05. The van der Waals surface area contributed by atoms with Gasteiger partial charge in [-0.1, -0.05) is 6.07 Å². The van der Waals surface area contributed by atoms with Crippen molar-refractivity contribution in [3.05, 3.63) is 64.6 Å². The molecule has 0 saturated carbocycles. The molecule has 218 valence electrons. The molecule has 13 heteroatoms. The summed E-state index contributed by atoms with van der Waals surface area (Å²) in [6, 6.07) is 8.02. The van der Waals surface area contributed by atoms with Crippen molar-refractivity contribution < 1.29 is 22.7 Å². The number of carbonyl (C=O) groups is 1. The molecule has 1 aliphatic rings. The number of anilines is 2. The normalized spacial score (nSPS) is 14.6. The first kappa shape index (κ1) is 31.0. The zero-order chi connectivity index (χ0) is 30.2. The molecule has 0 bridgehead atoms. The third-order valence-corrected chi connectivity index (χ3v) is 5.72. The quantitative estimate of drug-likeness (QED) is 0.312. The zero-order valence-electron chi connectivity index (χ0n) is 23.6. The number of ether oxygens (including phenoxy) is 1. The van der Waals surface area contributed by atoms with E-state index >= 15 is 0 Å². The predicted octanol–water partition coefficient (Wildman–Crippen LogP) is 4.91. The molecular weight excluding hydrogens is 537 g/mol. The van der Waals surface area contributed by atoms with Gasteiger partial charge in [-0.25, -0.2) is 15.0 Å². The van der Waals surface area contributed by atoms with Gasteiger partial charge < -0.3 is 25.2 Å². The number of rotatable bonds is 10. The number of benzene rings is 2. The third-order valence-electron chi connectivity index (χ3n) is 5.72. The molecule has 0 atom stereocenters. The SMILES string of the molecule is C=N/C=N\C(Nc1cc(C(=O)Nc2cc(OCCN(C)C)cc(C(F)(F)F)c2)ccc1C)=C1/CC=NC(N(C)C)=N1. The lowest BCUT2D eigenvalue weighted by Crippen LogP contribution is -2.22. The molecule has 10 nitrogen and oxygen atoms in total. The standard InChI is InChI=1S/C28H33F3N8O2/c1-18-7-8-19(13-24(18)36-25(34-17-32-2)23-9-10-33-27(37-23)39(5)6)26(40)35-21-14-20(28(29,30)31)15-22(16-21)41-12-11-38(3)4/h7-8,10,13-17,36H,2,9,11-12H2,1,3-6H3,(H,35,40)/b25-23-,34-17-. The van der Waals surface area contributed by atoms with Crippen LogP contribution in [0.1, 0.15) is 27.9 Å². The van der Waals surface area contributed by atoms with Crippen molar-refractivity contribution in [3.63, 3.8) is 0 Å². The number of aliphatic imine (C=N–C) groups is 4. The van der Waals surface area contributed by atoms with E-state index in [0.29, 0.717) is 36.1 Å². The predicted molar refractivity (Wildman–Crippen MR) is 158 cm³/mol. The van der Waals surface area contributed by atoms with Gasteiger partial charge in [0.15, 0.2) is 5.82 Å². The fraction of sp³-hybridized carbons (Fsp3) is 0.321. The lowest BCUT2D eigenvalue weighted by Gasteiger charge is -2.18. The number of likely N-dealkylation sites (N-methyl/N-ethyl adjacent to an activating group) is 1. The minimum absolute atomic E-state index is 0.00172. The number of amides is 1. The van der Waals surface area contributed by atoms with E-state index in [1.54, 1.807) is 29.3 Å². The number of carbonyl (C=O) groups excluding carboxylic acids is 1. The van der Waals surface area contributed by atoms with Gasteiger partial charge in [0.2, 0.25) is 5.96 Å². The van der Waals surface area contributed by atoms with E-state index in [1.807, 2.05) is 40.0 Å². The second-order valence-corrected chi connectivity index (χ2v) is 9.55. The van der Waals surface area contributed by atoms with E-state index in [0.717, 1.165) is 17.7 Å². The van der Waals surface area contributed by atoms with Crippen molar-refractivity contribution in [2.24, 2.45) is 20.0 Å². The van der Waals surface area contributed by atoms with Gasteiger partial charge in [-0.05, 0) is 57.6 Å². The minimum Gasteiger partial charge on any atom is -0.492 e. The Kier molecular flexibility index (Phi) is 10.4. The van der Waals surface area contributed by atoms with Crippen molar-refractivity contribution in [2.75, 3.05) is 52.0 Å². The van der Waals surface area contributed by atoms with E-state index in [1.165, 1.54) is 12.4 Å². The van der Waals surface area contributed by atoms with Crippen molar-refractivity contribution >= 4 is 42.5 Å². The van der Waals surface area contributed by atoms with E-state index in [9.17, 15) is 18.0 Å². The van der Waals surface area contributed by atoms with Crippen LogP contribution in [0, 0.1) is 6.92 Å². The molecule has 1 heterocycles. The van der Waals surface area contributed by atoms with E-state index in [2.05, 4.69) is 37.3 Å². The lowest BCUT2D eigenvalue weighted by atomic mass is 10.1. The molecule has 1 amide bonds. The number of hydrogen-bond donors (Lipinski definition) is 2. The zero-order valence-corrected chi connectivity index (χ0v) is 23.6. The monoisotopic (exact) mass is 570 g/mol. The van der Waals surface area contributed by atoms with Crippen LogP contribution in [0.3, 0.4) is 0 Å². The summed E-state index contributed by atoms with van der Waals surface area (Å²) >= 11 is 0. The Labute approximate surface area is 237 Å². The number of halogens is 3. The average Bonchev–Trinajstić information content (AvgIpc) is 2.91. The number of nitrogens with zero attached hydrogens (tertiary/aromatic N) is 6. The van der Waals surface area contributed by atoms with Crippen LogP contribution in [0.2, 0.25) is 0 Å². The van der Waals surface area contributed by atoms with Gasteiger partial charge in [0.25, 0.3) is 5.91 Å². The molecule has 0 spiro atoms. The van der Waals surface area contributed by atoms with Crippen molar-refractivity contribution in [3.8, 4) is 5.75 Å². The smallest absolute Gasteiger partial charge is 0.416 e. The van der Waals surface area contributed by atoms with Crippen LogP contribution in [-0.4, -0.2) is 82.3 Å². The summed E-state index contributed by atoms with van der Waals surface area (Å²) in [6.45, 7) is 5.95. The second-order valence-electron chi connectivity index (χ2n) is 9.55. The summed E-state index contributed by atoms with van der Waals surface area (Å²) in [5, 5.41) is 5.75. The summed E-state index contributed by atoms with van der Waals surface area (Å²) < 4.78 is 46.2. The molecule has 0 fully saturated rings. The minimum atomic E-state index is -4.62. The molecule has 2 aromatic carbocycles. The van der Waals surface area contributed by atoms with Gasteiger partial charge in [0.1, 0.15) is 18.7 Å². The van der Waals surface area contributed by atoms with Gasteiger partial charge in [0.05, 0.1) is 11.3 Å². The van der Waals surface area contributed by atoms with E-state index in [4.69, 9.17) is 4.74 Å². The fourth-order valence-electron chi connectivity index (χ4n) is 3.54. The molecule has 1 aliphatic heterocycles. The maximum Gasteiger partial charge on any atom is 0.416 e. The largest absolute Gasteiger partial charge is 0.492 e. The van der Waals surface area contributed by atoms with Crippen LogP contribution in [0.4, 0.5) is 24.5 Å². The number of alkyl halides is 3. The first-order chi connectivity index (χ1) is 19.4. The van der Waals surface area contributed by atoms with Crippen LogP contribution < -0.4 is 15.4 Å². The first-order valence-corrected chi connectivity index (χ1v) is 12.6. The Hall–Kier alpha value is -4.52. The van der Waals surface area contributed by atoms with Crippen molar-refractivity contribution in [2.45, 2.75) is 19.5 Å². The summed E-state index contributed by atoms with van der Waals surface area (Å²) in [5.74, 6) is 0.265. The Balaban J connectivity index is 1.90. The number of hydrogen-bond acceptors (Lipinski definition) is 8. The Morgan fingerprint density at radius 3 is 2.56 bits per heavy atom. The molecule has 0 aromatic heterocycles. The summed E-state index contributed by atoms with van der Waals surface area (Å²) in [5.41, 5.74) is 1.16. The molecule has 3 rings (SSSR count). The van der Waals surface area contributed by atoms with Crippen LogP contribution in [0.5, 0.6) is 5.75 Å². The van der Waals surface area contributed by atoms with Gasteiger partial charge in [-0.3, -0.25) is 9.79 Å². The summed E-state index contributed by atoms with van der Waals surface area (Å²) in [6.07, 6.45) is -1.24.